The second kappa shape index (κ2) is 6.31. The first-order valence-corrected chi connectivity index (χ1v) is 7.23. The fraction of sp³-hybridized carbons (Fsp3) is 0.250. The minimum absolute atomic E-state index is 0.0821. The van der Waals surface area contributed by atoms with Gasteiger partial charge in [0.1, 0.15) is 12.3 Å². The molecule has 0 aliphatic carbocycles. The fourth-order valence-corrected chi connectivity index (χ4v) is 2.01. The van der Waals surface area contributed by atoms with Crippen molar-refractivity contribution in [1.82, 2.24) is 25.0 Å². The van der Waals surface area contributed by atoms with Crippen molar-refractivity contribution in [3.8, 4) is 11.7 Å². The molecule has 0 saturated heterocycles. The molecule has 0 unspecified atom stereocenters. The van der Waals surface area contributed by atoms with E-state index in [1.807, 2.05) is 6.92 Å². The number of aryl methyl sites for hydroxylation is 1. The van der Waals surface area contributed by atoms with Gasteiger partial charge in [0.05, 0.1) is 11.9 Å². The van der Waals surface area contributed by atoms with Gasteiger partial charge >= 0.3 is 6.01 Å². The van der Waals surface area contributed by atoms with Gasteiger partial charge in [0.2, 0.25) is 0 Å². The molecule has 2 heterocycles. The largest absolute Gasteiger partial charge is 0.457 e. The number of ether oxygens (including phenoxy) is 1. The molecule has 3 aromatic rings. The summed E-state index contributed by atoms with van der Waals surface area (Å²) in [4.78, 5) is 8.05. The third kappa shape index (κ3) is 3.70. The molecule has 1 aromatic carbocycles. The first-order chi connectivity index (χ1) is 11.4. The lowest BCUT2D eigenvalue weighted by atomic mass is 10.1. The third-order valence-electron chi connectivity index (χ3n) is 3.26. The van der Waals surface area contributed by atoms with Crippen LogP contribution in [0.1, 0.15) is 23.7 Å². The van der Waals surface area contributed by atoms with Crippen molar-refractivity contribution in [2.75, 3.05) is 0 Å². The molecule has 0 atom stereocenters. The zero-order valence-electron chi connectivity index (χ0n) is 13.1. The smallest absolute Gasteiger partial charge is 0.316 e. The van der Waals surface area contributed by atoms with Crippen LogP contribution in [0.25, 0.3) is 5.69 Å². The number of rotatable bonds is 5. The lowest BCUT2D eigenvalue weighted by Crippen LogP contribution is -2.08. The highest BCUT2D eigenvalue weighted by atomic mass is 19.3. The first kappa shape index (κ1) is 16.0. The average molecular weight is 331 g/mol. The zero-order chi connectivity index (χ0) is 17.2. The maximum absolute atomic E-state index is 13.4. The van der Waals surface area contributed by atoms with E-state index in [2.05, 4.69) is 20.3 Å². The van der Waals surface area contributed by atoms with Crippen molar-refractivity contribution in [1.29, 1.82) is 0 Å². The van der Waals surface area contributed by atoms with E-state index >= 15 is 0 Å². The molecule has 0 fully saturated rings. The van der Waals surface area contributed by atoms with Crippen molar-refractivity contribution < 1.29 is 13.5 Å². The van der Waals surface area contributed by atoms with E-state index in [0.717, 1.165) is 12.5 Å². The number of aromatic nitrogens is 5. The van der Waals surface area contributed by atoms with Gasteiger partial charge in [-0.25, -0.2) is 23.4 Å². The van der Waals surface area contributed by atoms with Crippen molar-refractivity contribution in [3.05, 3.63) is 59.7 Å². The Bertz CT molecular complexity index is 827. The van der Waals surface area contributed by atoms with Crippen LogP contribution in [-0.4, -0.2) is 25.0 Å². The molecule has 0 N–H and O–H groups in total. The maximum Gasteiger partial charge on any atom is 0.316 e. The van der Waals surface area contributed by atoms with Gasteiger partial charge in [-0.05, 0) is 24.6 Å². The molecule has 0 amide bonds. The minimum atomic E-state index is -2.91. The van der Waals surface area contributed by atoms with Gasteiger partial charge in [0, 0.05) is 24.9 Å². The minimum Gasteiger partial charge on any atom is -0.457 e. The van der Waals surface area contributed by atoms with Crippen molar-refractivity contribution in [3.63, 3.8) is 0 Å². The predicted molar refractivity (Wildman–Crippen MR) is 82.0 cm³/mol. The molecule has 0 aliphatic rings. The highest BCUT2D eigenvalue weighted by Crippen LogP contribution is 2.28. The second-order valence-corrected chi connectivity index (χ2v) is 5.42. The van der Waals surface area contributed by atoms with Crippen LogP contribution in [-0.2, 0) is 12.5 Å². The Hall–Kier alpha value is -2.90. The topological polar surface area (TPSA) is 65.7 Å². The number of hydrogen-bond acceptors (Lipinski definition) is 5. The van der Waals surface area contributed by atoms with Gasteiger partial charge < -0.3 is 4.74 Å². The van der Waals surface area contributed by atoms with Crippen molar-refractivity contribution in [2.45, 2.75) is 26.4 Å². The molecule has 0 aliphatic heterocycles. The van der Waals surface area contributed by atoms with Crippen LogP contribution in [0.2, 0.25) is 0 Å². The van der Waals surface area contributed by atoms with E-state index in [9.17, 15) is 8.78 Å². The van der Waals surface area contributed by atoms with E-state index in [-0.39, 0.29) is 18.2 Å². The number of halogens is 2. The Morgan fingerprint density at radius 3 is 2.67 bits per heavy atom. The average Bonchev–Trinajstić information content (AvgIpc) is 3.03. The van der Waals surface area contributed by atoms with Crippen molar-refractivity contribution in [2.24, 2.45) is 0 Å². The maximum atomic E-state index is 13.4. The fourth-order valence-electron chi connectivity index (χ4n) is 2.01. The molecule has 24 heavy (non-hydrogen) atoms. The van der Waals surface area contributed by atoms with Crippen LogP contribution in [0.15, 0.2) is 42.9 Å². The summed E-state index contributed by atoms with van der Waals surface area (Å²) in [6.45, 7) is 2.87. The molecule has 0 bridgehead atoms. The summed E-state index contributed by atoms with van der Waals surface area (Å²) in [5.41, 5.74) is 1.88. The Morgan fingerprint density at radius 1 is 1.21 bits per heavy atom. The Kier molecular flexibility index (Phi) is 4.20. The number of hydrogen-bond donors (Lipinski definition) is 0. The highest BCUT2D eigenvalue weighted by molar-refractivity contribution is 5.36. The summed E-state index contributed by atoms with van der Waals surface area (Å²) < 4.78 is 33.7. The number of nitrogens with zero attached hydrogens (tertiary/aromatic N) is 5. The monoisotopic (exact) mass is 331 g/mol. The number of alkyl halides is 2. The third-order valence-corrected chi connectivity index (χ3v) is 3.26. The summed E-state index contributed by atoms with van der Waals surface area (Å²) >= 11 is 0. The van der Waals surface area contributed by atoms with Gasteiger partial charge in [-0.2, -0.15) is 0 Å². The van der Waals surface area contributed by atoms with Gasteiger partial charge in [-0.3, -0.25) is 0 Å². The summed E-state index contributed by atoms with van der Waals surface area (Å²) in [5, 5.41) is 7.90. The molecule has 0 spiro atoms. The van der Waals surface area contributed by atoms with E-state index in [1.54, 1.807) is 30.7 Å². The normalized spacial score (nSPS) is 11.5. The molecule has 124 valence electrons. The second-order valence-electron chi connectivity index (χ2n) is 5.42. The SMILES string of the molecule is Cc1cnc(OCc2cn(-c3cccc(C(C)(F)F)c3)nn2)nc1. The Balaban J connectivity index is 1.72. The summed E-state index contributed by atoms with van der Waals surface area (Å²) in [6.07, 6.45) is 4.91. The lowest BCUT2D eigenvalue weighted by Gasteiger charge is -2.11. The first-order valence-electron chi connectivity index (χ1n) is 7.23. The molecule has 6 nitrogen and oxygen atoms in total. The van der Waals surface area contributed by atoms with Crippen LogP contribution in [0.5, 0.6) is 6.01 Å². The Labute approximate surface area is 137 Å². The predicted octanol–water partition coefficient (Wildman–Crippen LogP) is 3.06. The van der Waals surface area contributed by atoms with E-state index in [4.69, 9.17) is 4.74 Å². The molecular weight excluding hydrogens is 316 g/mol. The highest BCUT2D eigenvalue weighted by Gasteiger charge is 2.24. The Morgan fingerprint density at radius 2 is 1.96 bits per heavy atom. The van der Waals surface area contributed by atoms with Crippen LogP contribution >= 0.6 is 0 Å². The van der Waals surface area contributed by atoms with Crippen molar-refractivity contribution >= 4 is 0 Å². The lowest BCUT2D eigenvalue weighted by molar-refractivity contribution is 0.0174. The quantitative estimate of drug-likeness (QED) is 0.719. The molecule has 3 rings (SSSR count). The molecule has 0 radical (unpaired) electrons. The van der Waals surface area contributed by atoms with Gasteiger partial charge in [-0.15, -0.1) is 5.10 Å². The van der Waals surface area contributed by atoms with Crippen LogP contribution < -0.4 is 4.74 Å². The standard InChI is InChI=1S/C16H15F2N5O/c1-11-7-19-15(20-8-11)24-10-13-9-23(22-21-13)14-5-3-4-12(6-14)16(2,17)18/h3-9H,10H2,1-2H3. The van der Waals surface area contributed by atoms with Gasteiger partial charge in [-0.1, -0.05) is 17.3 Å². The van der Waals surface area contributed by atoms with Crippen LogP contribution in [0.4, 0.5) is 8.78 Å². The van der Waals surface area contributed by atoms with E-state index in [1.165, 1.54) is 16.8 Å². The summed E-state index contributed by atoms with van der Waals surface area (Å²) in [5.74, 6) is -2.91. The zero-order valence-corrected chi connectivity index (χ0v) is 13.1. The molecular formula is C16H15F2N5O. The molecule has 0 saturated carbocycles. The summed E-state index contributed by atoms with van der Waals surface area (Å²) in [6, 6.07) is 6.22. The summed E-state index contributed by atoms with van der Waals surface area (Å²) in [7, 11) is 0. The van der Waals surface area contributed by atoms with Crippen LogP contribution in [0.3, 0.4) is 0 Å². The molecule has 8 heteroatoms. The van der Waals surface area contributed by atoms with Gasteiger partial charge in [0.15, 0.2) is 0 Å². The van der Waals surface area contributed by atoms with E-state index < -0.39 is 5.92 Å². The van der Waals surface area contributed by atoms with Crippen LogP contribution in [0, 0.1) is 6.92 Å². The van der Waals surface area contributed by atoms with E-state index in [0.29, 0.717) is 11.4 Å². The number of benzene rings is 1. The van der Waals surface area contributed by atoms with Gasteiger partial charge in [0.25, 0.3) is 5.92 Å². The molecule has 2 aromatic heterocycles.